The zero-order valence-electron chi connectivity index (χ0n) is 22.9. The fourth-order valence-electron chi connectivity index (χ4n) is 5.96. The van der Waals surface area contributed by atoms with Crippen LogP contribution in [0, 0.1) is 0 Å². The molecule has 198 valence electrons. The van der Waals surface area contributed by atoms with E-state index in [1.54, 1.807) is 0 Å². The van der Waals surface area contributed by atoms with Gasteiger partial charge in [-0.05, 0) is 24.3 Å². The predicted molar refractivity (Wildman–Crippen MR) is 181 cm³/mol. The normalized spacial score (nSPS) is 11.3. The third-order valence-electron chi connectivity index (χ3n) is 8.04. The molecule has 0 spiro atoms. The summed E-state index contributed by atoms with van der Waals surface area (Å²) in [6.07, 6.45) is 0. The number of fused-ring (bicyclic) bond motifs is 5. The second kappa shape index (κ2) is 10.5. The van der Waals surface area contributed by atoms with Gasteiger partial charge in [-0.15, -0.1) is 0 Å². The SMILES string of the molecule is c1ccc(N(c2ccccc2)c2ccc(-c3cccc(-c4ccc5ccc6c7ccccc7[se]c6c5c4)c3)cc2)cc1. The summed E-state index contributed by atoms with van der Waals surface area (Å²) in [4.78, 5) is 2.30. The first-order valence-corrected chi connectivity index (χ1v) is 16.0. The van der Waals surface area contributed by atoms with Crippen LogP contribution >= 0.6 is 0 Å². The van der Waals surface area contributed by atoms with Gasteiger partial charge < -0.3 is 0 Å². The second-order valence-electron chi connectivity index (χ2n) is 10.6. The van der Waals surface area contributed by atoms with E-state index in [9.17, 15) is 0 Å². The molecule has 8 aromatic rings. The quantitative estimate of drug-likeness (QED) is 0.178. The summed E-state index contributed by atoms with van der Waals surface area (Å²) in [5.41, 5.74) is 8.37. The van der Waals surface area contributed by atoms with E-state index in [1.165, 1.54) is 52.3 Å². The van der Waals surface area contributed by atoms with E-state index < -0.39 is 0 Å². The molecular weight excluding hydrogens is 573 g/mol. The molecule has 0 saturated heterocycles. The molecule has 0 unspecified atom stereocenters. The average Bonchev–Trinajstić information content (AvgIpc) is 3.45. The third-order valence-corrected chi connectivity index (χ3v) is 10.6. The van der Waals surface area contributed by atoms with E-state index in [1.807, 2.05) is 0 Å². The number of hydrogen-bond acceptors (Lipinski definition) is 1. The first kappa shape index (κ1) is 24.9. The third kappa shape index (κ3) is 4.43. The number of benzene rings is 7. The van der Waals surface area contributed by atoms with Gasteiger partial charge in [0.1, 0.15) is 0 Å². The van der Waals surface area contributed by atoms with Crippen molar-refractivity contribution in [2.45, 2.75) is 0 Å². The summed E-state index contributed by atoms with van der Waals surface area (Å²) in [5.74, 6) is 0. The number of hydrogen-bond donors (Lipinski definition) is 0. The molecule has 0 aliphatic rings. The first-order valence-electron chi connectivity index (χ1n) is 14.3. The Morgan fingerprint density at radius 3 is 1.67 bits per heavy atom. The monoisotopic (exact) mass is 601 g/mol. The molecule has 0 amide bonds. The Bertz CT molecular complexity index is 2140. The smallest absolute Gasteiger partial charge is 0.0380 e. The first-order chi connectivity index (χ1) is 20.8. The minimum Gasteiger partial charge on any atom is -0.0602 e. The van der Waals surface area contributed by atoms with Crippen molar-refractivity contribution < 1.29 is 0 Å². The van der Waals surface area contributed by atoms with Crippen molar-refractivity contribution in [1.82, 2.24) is 0 Å². The standard InChI is InChI=1S/C40H27NSe/c1-3-12-33(13-4-1)41(34-14-5-2-6-15-34)35-23-20-28(21-24-35)30-10-9-11-31(26-30)32-19-18-29-22-25-37-36-16-7-8-17-39(36)42-40(37)38(29)27-32/h1-27H. The van der Waals surface area contributed by atoms with Crippen molar-refractivity contribution in [2.24, 2.45) is 0 Å². The van der Waals surface area contributed by atoms with Gasteiger partial charge in [-0.3, -0.25) is 0 Å². The maximum absolute atomic E-state index is 2.40. The van der Waals surface area contributed by atoms with Gasteiger partial charge in [0, 0.05) is 11.4 Å². The molecule has 1 heterocycles. The molecule has 2 heteroatoms. The molecule has 0 atom stereocenters. The second-order valence-corrected chi connectivity index (χ2v) is 12.8. The largest absolute Gasteiger partial charge is 0.0602 e. The van der Waals surface area contributed by atoms with Crippen LogP contribution in [0.5, 0.6) is 0 Å². The molecule has 7 aromatic carbocycles. The van der Waals surface area contributed by atoms with Gasteiger partial charge in [0.2, 0.25) is 0 Å². The van der Waals surface area contributed by atoms with Crippen LogP contribution in [0.1, 0.15) is 0 Å². The van der Waals surface area contributed by atoms with Gasteiger partial charge in [0.15, 0.2) is 0 Å². The molecule has 0 saturated carbocycles. The van der Waals surface area contributed by atoms with E-state index in [4.69, 9.17) is 0 Å². The maximum Gasteiger partial charge on any atom is -0.0380 e. The molecule has 0 bridgehead atoms. The van der Waals surface area contributed by atoms with Crippen LogP contribution in [0.2, 0.25) is 0 Å². The zero-order valence-corrected chi connectivity index (χ0v) is 24.7. The Morgan fingerprint density at radius 2 is 0.929 bits per heavy atom. The van der Waals surface area contributed by atoms with Crippen LogP contribution in [0.25, 0.3) is 52.3 Å². The Labute approximate surface area is 251 Å². The molecule has 42 heavy (non-hydrogen) atoms. The maximum atomic E-state index is 2.40. The Balaban J connectivity index is 1.17. The summed E-state index contributed by atoms with van der Waals surface area (Å²) in [6, 6.07) is 59.4. The van der Waals surface area contributed by atoms with Gasteiger partial charge in [-0.2, -0.15) is 0 Å². The van der Waals surface area contributed by atoms with Crippen LogP contribution in [0.15, 0.2) is 164 Å². The molecule has 0 aliphatic carbocycles. The van der Waals surface area contributed by atoms with Crippen LogP contribution in [-0.2, 0) is 0 Å². The summed E-state index contributed by atoms with van der Waals surface area (Å²) in [5, 5.41) is 5.52. The summed E-state index contributed by atoms with van der Waals surface area (Å²) < 4.78 is 3.00. The molecule has 1 aromatic heterocycles. The van der Waals surface area contributed by atoms with E-state index in [-0.39, 0.29) is 0 Å². The van der Waals surface area contributed by atoms with Gasteiger partial charge in [0.25, 0.3) is 0 Å². The van der Waals surface area contributed by atoms with Gasteiger partial charge in [0.05, 0.1) is 0 Å². The van der Waals surface area contributed by atoms with Crippen LogP contribution in [-0.4, -0.2) is 14.5 Å². The minimum absolute atomic E-state index is 0.334. The van der Waals surface area contributed by atoms with E-state index in [0.29, 0.717) is 14.5 Å². The van der Waals surface area contributed by atoms with Crippen molar-refractivity contribution in [3.05, 3.63) is 164 Å². The van der Waals surface area contributed by atoms with E-state index in [2.05, 4.69) is 169 Å². The van der Waals surface area contributed by atoms with Crippen LogP contribution < -0.4 is 4.90 Å². The van der Waals surface area contributed by atoms with Gasteiger partial charge >= 0.3 is 181 Å². The molecular formula is C40H27NSe. The van der Waals surface area contributed by atoms with Crippen molar-refractivity contribution in [3.63, 3.8) is 0 Å². The van der Waals surface area contributed by atoms with Crippen molar-refractivity contribution >= 4 is 61.6 Å². The number of rotatable bonds is 5. The Hall–Kier alpha value is -4.88. The summed E-state index contributed by atoms with van der Waals surface area (Å²) in [7, 11) is 0. The van der Waals surface area contributed by atoms with Gasteiger partial charge in [-0.1, -0.05) is 36.4 Å². The number of nitrogens with zero attached hydrogens (tertiary/aromatic N) is 1. The van der Waals surface area contributed by atoms with Gasteiger partial charge in [-0.25, -0.2) is 0 Å². The van der Waals surface area contributed by atoms with Crippen LogP contribution in [0.4, 0.5) is 17.1 Å². The molecule has 0 aliphatic heterocycles. The Kier molecular flexibility index (Phi) is 6.22. The van der Waals surface area contributed by atoms with E-state index >= 15 is 0 Å². The van der Waals surface area contributed by atoms with Crippen LogP contribution in [0.3, 0.4) is 0 Å². The summed E-state index contributed by atoms with van der Waals surface area (Å²) in [6.45, 7) is 0. The van der Waals surface area contributed by atoms with Crippen molar-refractivity contribution in [3.8, 4) is 22.3 Å². The fourth-order valence-corrected chi connectivity index (χ4v) is 8.54. The minimum atomic E-state index is 0.334. The predicted octanol–water partition coefficient (Wildman–Crippen LogP) is 11.0. The average molecular weight is 601 g/mol. The molecule has 8 rings (SSSR count). The number of anilines is 3. The molecule has 0 fully saturated rings. The van der Waals surface area contributed by atoms with E-state index in [0.717, 1.165) is 17.1 Å². The van der Waals surface area contributed by atoms with Crippen molar-refractivity contribution in [2.75, 3.05) is 4.90 Å². The topological polar surface area (TPSA) is 3.24 Å². The zero-order chi connectivity index (χ0) is 27.9. The summed E-state index contributed by atoms with van der Waals surface area (Å²) >= 11 is 0.334. The fraction of sp³-hybridized carbons (Fsp3) is 0. The Morgan fingerprint density at radius 1 is 0.357 bits per heavy atom. The number of para-hydroxylation sites is 2. The molecule has 0 radical (unpaired) electrons. The molecule has 1 nitrogen and oxygen atoms in total. The van der Waals surface area contributed by atoms with Crippen molar-refractivity contribution in [1.29, 1.82) is 0 Å². The molecule has 0 N–H and O–H groups in total.